The number of benzene rings is 1. The highest BCUT2D eigenvalue weighted by Gasteiger charge is 2.34. The van der Waals surface area contributed by atoms with Gasteiger partial charge in [0.1, 0.15) is 11.5 Å². The number of hydrogen-bond donors (Lipinski definition) is 0. The minimum atomic E-state index is -0.328. The molecule has 5 rings (SSSR count). The van der Waals surface area contributed by atoms with Crippen molar-refractivity contribution in [3.63, 3.8) is 0 Å². The van der Waals surface area contributed by atoms with E-state index in [1.165, 1.54) is 12.1 Å². The van der Waals surface area contributed by atoms with Crippen LogP contribution in [0.3, 0.4) is 0 Å². The van der Waals surface area contributed by atoms with Crippen LogP contribution in [0.4, 0.5) is 4.39 Å². The summed E-state index contributed by atoms with van der Waals surface area (Å²) >= 11 is 0. The monoisotopic (exact) mass is 391 g/mol. The molecule has 1 aromatic carbocycles. The van der Waals surface area contributed by atoms with E-state index >= 15 is 0 Å². The second kappa shape index (κ2) is 6.80. The largest absolute Gasteiger partial charge is 0.350 e. The lowest BCUT2D eigenvalue weighted by Crippen LogP contribution is -2.31. The van der Waals surface area contributed by atoms with Crippen molar-refractivity contribution >= 4 is 11.6 Å². The van der Waals surface area contributed by atoms with Gasteiger partial charge in [-0.25, -0.2) is 13.9 Å². The average Bonchev–Trinajstić information content (AvgIpc) is 3.46. The van der Waals surface area contributed by atoms with Gasteiger partial charge < -0.3 is 9.42 Å². The summed E-state index contributed by atoms with van der Waals surface area (Å²) in [5.74, 6) is -0.383. The predicted molar refractivity (Wildman–Crippen MR) is 103 cm³/mol. The number of rotatable bonds is 3. The van der Waals surface area contributed by atoms with Gasteiger partial charge in [-0.05, 0) is 50.1 Å². The number of amides is 1. The van der Waals surface area contributed by atoms with Gasteiger partial charge in [-0.3, -0.25) is 4.79 Å². The number of nitrogens with zero attached hydrogens (tertiary/aromatic N) is 5. The molecular formula is C21H18FN5O2. The van der Waals surface area contributed by atoms with Crippen molar-refractivity contribution in [1.82, 2.24) is 24.7 Å². The van der Waals surface area contributed by atoms with E-state index in [-0.39, 0.29) is 23.5 Å². The smallest absolute Gasteiger partial charge is 0.293 e. The van der Waals surface area contributed by atoms with E-state index in [0.29, 0.717) is 17.8 Å². The molecule has 4 heterocycles. The second-order valence-corrected chi connectivity index (χ2v) is 7.17. The van der Waals surface area contributed by atoms with Gasteiger partial charge in [0.15, 0.2) is 5.65 Å². The first-order valence-corrected chi connectivity index (χ1v) is 9.45. The fraction of sp³-hybridized carbons (Fsp3) is 0.238. The van der Waals surface area contributed by atoms with Gasteiger partial charge in [0.25, 0.3) is 5.91 Å². The molecule has 1 fully saturated rings. The number of carbonyl (C=O) groups is 1. The van der Waals surface area contributed by atoms with E-state index in [1.807, 2.05) is 19.1 Å². The number of hydrogen-bond acceptors (Lipinski definition) is 5. The van der Waals surface area contributed by atoms with Crippen LogP contribution >= 0.6 is 0 Å². The van der Waals surface area contributed by atoms with Crippen LogP contribution in [0.15, 0.2) is 53.2 Å². The first-order chi connectivity index (χ1) is 14.1. The standard InChI is InChI=1S/C21H18FN5O2/c1-13-11-20-23-9-8-18(27(20)24-13)17-3-2-10-26(17)21(28)19-12-16(25-29-19)14-4-6-15(22)7-5-14/h4-9,11-12,17H,2-3,10H2,1H3/t17-/m0/s1. The lowest BCUT2D eigenvalue weighted by atomic mass is 10.1. The fourth-order valence-electron chi connectivity index (χ4n) is 3.87. The third kappa shape index (κ3) is 3.06. The number of likely N-dealkylation sites (tertiary alicyclic amines) is 1. The zero-order chi connectivity index (χ0) is 20.0. The number of halogens is 1. The Morgan fingerprint density at radius 1 is 1.21 bits per heavy atom. The average molecular weight is 391 g/mol. The molecule has 0 saturated carbocycles. The van der Waals surface area contributed by atoms with Crippen molar-refractivity contribution in [2.75, 3.05) is 6.54 Å². The summed E-state index contributed by atoms with van der Waals surface area (Å²) in [5.41, 5.74) is 3.75. The Morgan fingerprint density at radius 3 is 2.86 bits per heavy atom. The maximum absolute atomic E-state index is 13.2. The van der Waals surface area contributed by atoms with Gasteiger partial charge in [0.05, 0.1) is 17.4 Å². The van der Waals surface area contributed by atoms with Gasteiger partial charge in [-0.2, -0.15) is 5.10 Å². The van der Waals surface area contributed by atoms with Crippen LogP contribution < -0.4 is 0 Å². The normalized spacial score (nSPS) is 16.6. The molecule has 8 heteroatoms. The number of aryl methyl sites for hydroxylation is 1. The fourth-order valence-corrected chi connectivity index (χ4v) is 3.87. The molecular weight excluding hydrogens is 373 g/mol. The summed E-state index contributed by atoms with van der Waals surface area (Å²) in [6.07, 6.45) is 3.47. The SMILES string of the molecule is Cc1cc2nccc([C@@H]3CCCN3C(=O)c3cc(-c4ccc(F)cc4)no3)n2n1. The Kier molecular flexibility index (Phi) is 4.12. The maximum Gasteiger partial charge on any atom is 0.293 e. The Labute approximate surface area is 165 Å². The zero-order valence-electron chi connectivity index (χ0n) is 15.7. The van der Waals surface area contributed by atoms with Crippen molar-refractivity contribution in [2.24, 2.45) is 0 Å². The lowest BCUT2D eigenvalue weighted by Gasteiger charge is -2.24. The molecule has 0 radical (unpaired) electrons. The minimum absolute atomic E-state index is 0.119. The Bertz CT molecular complexity index is 1200. The molecule has 0 bridgehead atoms. The van der Waals surface area contributed by atoms with Crippen LogP contribution in [-0.4, -0.2) is 37.1 Å². The van der Waals surface area contributed by atoms with Crippen LogP contribution in [0.5, 0.6) is 0 Å². The predicted octanol–water partition coefficient (Wildman–Crippen LogP) is 3.81. The van der Waals surface area contributed by atoms with Gasteiger partial charge >= 0.3 is 0 Å². The summed E-state index contributed by atoms with van der Waals surface area (Å²) in [5, 5.41) is 8.51. The Balaban J connectivity index is 1.45. The quantitative estimate of drug-likeness (QED) is 0.531. The first kappa shape index (κ1) is 17.5. The molecule has 29 heavy (non-hydrogen) atoms. The van der Waals surface area contributed by atoms with E-state index in [4.69, 9.17) is 4.52 Å². The van der Waals surface area contributed by atoms with Crippen LogP contribution in [0.2, 0.25) is 0 Å². The number of fused-ring (bicyclic) bond motifs is 1. The molecule has 4 aromatic rings. The van der Waals surface area contributed by atoms with Crippen molar-refractivity contribution < 1.29 is 13.7 Å². The van der Waals surface area contributed by atoms with Crippen LogP contribution in [-0.2, 0) is 0 Å². The zero-order valence-corrected chi connectivity index (χ0v) is 15.7. The molecule has 3 aromatic heterocycles. The molecule has 1 amide bonds. The minimum Gasteiger partial charge on any atom is -0.350 e. The van der Waals surface area contributed by atoms with Crippen LogP contribution in [0, 0.1) is 12.7 Å². The summed E-state index contributed by atoms with van der Waals surface area (Å²) < 4.78 is 20.3. The van der Waals surface area contributed by atoms with Gasteiger partial charge in [0, 0.05) is 30.4 Å². The Hall–Kier alpha value is -3.55. The molecule has 0 aliphatic carbocycles. The third-order valence-electron chi connectivity index (χ3n) is 5.23. The highest BCUT2D eigenvalue weighted by atomic mass is 19.1. The van der Waals surface area contributed by atoms with Gasteiger partial charge in [0.2, 0.25) is 5.76 Å². The molecule has 1 aliphatic heterocycles. The maximum atomic E-state index is 13.2. The molecule has 0 N–H and O–H groups in total. The highest BCUT2D eigenvalue weighted by molar-refractivity contribution is 5.93. The molecule has 0 unspecified atom stereocenters. The van der Waals surface area contributed by atoms with Crippen molar-refractivity contribution in [2.45, 2.75) is 25.8 Å². The van der Waals surface area contributed by atoms with Crippen LogP contribution in [0.25, 0.3) is 16.9 Å². The summed E-state index contributed by atoms with van der Waals surface area (Å²) in [6.45, 7) is 2.54. The highest BCUT2D eigenvalue weighted by Crippen LogP contribution is 2.33. The Morgan fingerprint density at radius 2 is 2.03 bits per heavy atom. The van der Waals surface area contributed by atoms with E-state index in [9.17, 15) is 9.18 Å². The van der Waals surface area contributed by atoms with E-state index in [0.717, 1.165) is 29.9 Å². The van der Waals surface area contributed by atoms with Crippen molar-refractivity contribution in [3.8, 4) is 11.3 Å². The van der Waals surface area contributed by atoms with Crippen molar-refractivity contribution in [3.05, 3.63) is 71.6 Å². The van der Waals surface area contributed by atoms with Gasteiger partial charge in [-0.15, -0.1) is 0 Å². The molecule has 7 nitrogen and oxygen atoms in total. The number of aromatic nitrogens is 4. The van der Waals surface area contributed by atoms with E-state index in [2.05, 4.69) is 15.2 Å². The summed E-state index contributed by atoms with van der Waals surface area (Å²) in [4.78, 5) is 19.3. The molecule has 0 spiro atoms. The lowest BCUT2D eigenvalue weighted by molar-refractivity contribution is 0.0689. The molecule has 1 atom stereocenters. The number of carbonyl (C=O) groups excluding carboxylic acids is 1. The van der Waals surface area contributed by atoms with E-state index in [1.54, 1.807) is 33.8 Å². The van der Waals surface area contributed by atoms with E-state index < -0.39 is 0 Å². The van der Waals surface area contributed by atoms with Gasteiger partial charge in [-0.1, -0.05) is 5.16 Å². The summed E-state index contributed by atoms with van der Waals surface area (Å²) in [7, 11) is 0. The topological polar surface area (TPSA) is 76.5 Å². The molecule has 1 aliphatic rings. The van der Waals surface area contributed by atoms with Crippen molar-refractivity contribution in [1.29, 1.82) is 0 Å². The molecule has 146 valence electrons. The second-order valence-electron chi connectivity index (χ2n) is 7.17. The van der Waals surface area contributed by atoms with Crippen LogP contribution in [0.1, 0.15) is 40.8 Å². The first-order valence-electron chi connectivity index (χ1n) is 9.45. The molecule has 1 saturated heterocycles. The summed E-state index contributed by atoms with van der Waals surface area (Å²) in [6, 6.07) is 11.2. The third-order valence-corrected chi connectivity index (χ3v) is 5.23.